The molecule has 0 aliphatic carbocycles. The summed E-state index contributed by atoms with van der Waals surface area (Å²) >= 11 is 0. The van der Waals surface area contributed by atoms with Gasteiger partial charge in [0.2, 0.25) is 0 Å². The van der Waals surface area contributed by atoms with E-state index in [1.807, 2.05) is 58.0 Å². The zero-order chi connectivity index (χ0) is 21.3. The summed E-state index contributed by atoms with van der Waals surface area (Å²) in [6.07, 6.45) is 1.87. The minimum atomic E-state index is -0.122. The van der Waals surface area contributed by atoms with E-state index in [9.17, 15) is 5.11 Å². The van der Waals surface area contributed by atoms with Crippen molar-refractivity contribution in [2.45, 2.75) is 40.8 Å². The molecular weight excluding hydrogens is 376 g/mol. The largest absolute Gasteiger partial charge is 0.493 e. The van der Waals surface area contributed by atoms with Crippen molar-refractivity contribution < 1.29 is 9.84 Å². The van der Waals surface area contributed by atoms with Crippen molar-refractivity contribution in [3.63, 3.8) is 0 Å². The molecule has 0 unspecified atom stereocenters. The summed E-state index contributed by atoms with van der Waals surface area (Å²) in [5.74, 6) is 0.817. The van der Waals surface area contributed by atoms with Crippen LogP contribution in [-0.4, -0.2) is 31.3 Å². The Morgan fingerprint density at radius 2 is 1.87 bits per heavy atom. The van der Waals surface area contributed by atoms with Gasteiger partial charge in [0.25, 0.3) is 0 Å². The van der Waals surface area contributed by atoms with Gasteiger partial charge in [-0.15, -0.1) is 0 Å². The number of para-hydroxylation sites is 1. The van der Waals surface area contributed by atoms with Crippen LogP contribution in [0.25, 0.3) is 27.8 Å². The van der Waals surface area contributed by atoms with Gasteiger partial charge in [0.05, 0.1) is 42.0 Å². The predicted molar refractivity (Wildman–Crippen MR) is 119 cm³/mol. The van der Waals surface area contributed by atoms with Crippen LogP contribution in [0.4, 0.5) is 0 Å². The predicted octanol–water partition coefficient (Wildman–Crippen LogP) is 4.83. The fourth-order valence-corrected chi connectivity index (χ4v) is 3.48. The van der Waals surface area contributed by atoms with Crippen LogP contribution in [0.5, 0.6) is 5.75 Å². The van der Waals surface area contributed by atoms with E-state index in [0.717, 1.165) is 40.1 Å². The second kappa shape index (κ2) is 7.95. The van der Waals surface area contributed by atoms with Gasteiger partial charge in [0.15, 0.2) is 0 Å². The van der Waals surface area contributed by atoms with E-state index in [-0.39, 0.29) is 12.0 Å². The summed E-state index contributed by atoms with van der Waals surface area (Å²) in [5.41, 5.74) is 4.53. The highest BCUT2D eigenvalue weighted by atomic mass is 16.5. The third-order valence-corrected chi connectivity index (χ3v) is 4.89. The smallest absolute Gasteiger partial charge is 0.119 e. The summed E-state index contributed by atoms with van der Waals surface area (Å²) < 4.78 is 9.88. The van der Waals surface area contributed by atoms with Crippen molar-refractivity contribution in [3.8, 4) is 22.7 Å². The van der Waals surface area contributed by atoms with E-state index in [4.69, 9.17) is 4.74 Å². The van der Waals surface area contributed by atoms with Gasteiger partial charge in [-0.3, -0.25) is 4.68 Å². The molecule has 156 valence electrons. The molecule has 0 fully saturated rings. The number of ether oxygens (including phenoxy) is 1. The van der Waals surface area contributed by atoms with Crippen molar-refractivity contribution in [2.75, 3.05) is 6.61 Å². The van der Waals surface area contributed by atoms with Crippen molar-refractivity contribution >= 4 is 10.9 Å². The van der Waals surface area contributed by atoms with Gasteiger partial charge < -0.3 is 9.84 Å². The van der Waals surface area contributed by atoms with Gasteiger partial charge in [-0.05, 0) is 36.6 Å². The molecule has 0 saturated heterocycles. The molecule has 6 heteroatoms. The molecule has 0 amide bonds. The maximum absolute atomic E-state index is 9.75. The van der Waals surface area contributed by atoms with Gasteiger partial charge in [-0.25, -0.2) is 4.68 Å². The number of rotatable bonds is 6. The first kappa shape index (κ1) is 20.2. The zero-order valence-corrected chi connectivity index (χ0v) is 18.0. The number of aliphatic hydroxyl groups excluding tert-OH is 1. The lowest BCUT2D eigenvalue weighted by Crippen LogP contribution is -2.16. The molecule has 0 saturated carbocycles. The molecule has 0 spiro atoms. The van der Waals surface area contributed by atoms with Crippen molar-refractivity contribution in [2.24, 2.45) is 5.41 Å². The van der Waals surface area contributed by atoms with Gasteiger partial charge >= 0.3 is 0 Å². The van der Waals surface area contributed by atoms with E-state index in [1.165, 1.54) is 0 Å². The summed E-state index contributed by atoms with van der Waals surface area (Å²) in [4.78, 5) is 0. The maximum Gasteiger partial charge on any atom is 0.119 e. The molecule has 2 aromatic heterocycles. The average molecular weight is 405 g/mol. The van der Waals surface area contributed by atoms with Crippen LogP contribution in [0.3, 0.4) is 0 Å². The van der Waals surface area contributed by atoms with Gasteiger partial charge in [0.1, 0.15) is 5.75 Å². The number of benzene rings is 2. The molecule has 4 aromatic rings. The monoisotopic (exact) mass is 404 g/mol. The molecule has 1 N–H and O–H groups in total. The summed E-state index contributed by atoms with van der Waals surface area (Å²) in [6.45, 7) is 9.79. The van der Waals surface area contributed by atoms with E-state index in [2.05, 4.69) is 44.0 Å². The number of aromatic nitrogens is 4. The first-order valence-electron chi connectivity index (χ1n) is 10.3. The van der Waals surface area contributed by atoms with Crippen molar-refractivity contribution in [1.29, 1.82) is 0 Å². The highest BCUT2D eigenvalue weighted by molar-refractivity contribution is 5.87. The van der Waals surface area contributed by atoms with Gasteiger partial charge in [0, 0.05) is 17.5 Å². The normalized spacial score (nSPS) is 11.9. The van der Waals surface area contributed by atoms with Crippen LogP contribution in [0.15, 0.2) is 54.7 Å². The molecular formula is C24H28N4O2. The van der Waals surface area contributed by atoms with E-state index in [0.29, 0.717) is 12.3 Å². The van der Waals surface area contributed by atoms with Crippen LogP contribution in [0.1, 0.15) is 33.4 Å². The maximum atomic E-state index is 9.75. The molecule has 30 heavy (non-hydrogen) atoms. The number of nitrogens with zero attached hydrogens (tertiary/aromatic N) is 4. The third kappa shape index (κ3) is 3.96. The molecule has 0 atom stereocenters. The fraction of sp³-hybridized carbons (Fsp3) is 0.333. The van der Waals surface area contributed by atoms with Crippen LogP contribution in [-0.2, 0) is 13.2 Å². The number of fused-ring (bicyclic) bond motifs is 1. The average Bonchev–Trinajstić information content (AvgIpc) is 3.36. The number of hydrogen-bond acceptors (Lipinski definition) is 4. The minimum absolute atomic E-state index is 0.0794. The van der Waals surface area contributed by atoms with Gasteiger partial charge in [-0.1, -0.05) is 45.0 Å². The van der Waals surface area contributed by atoms with Crippen LogP contribution in [0, 0.1) is 5.41 Å². The molecule has 2 aromatic carbocycles. The lowest BCUT2D eigenvalue weighted by atomic mass is 9.99. The van der Waals surface area contributed by atoms with E-state index >= 15 is 0 Å². The highest BCUT2D eigenvalue weighted by Crippen LogP contribution is 2.31. The Balaban J connectivity index is 1.83. The molecule has 2 heterocycles. The first-order chi connectivity index (χ1) is 14.4. The molecule has 6 nitrogen and oxygen atoms in total. The molecule has 0 radical (unpaired) electrons. The number of hydrogen-bond donors (Lipinski definition) is 1. The number of aryl methyl sites for hydroxylation is 1. The van der Waals surface area contributed by atoms with Crippen LogP contribution in [0.2, 0.25) is 0 Å². The Morgan fingerprint density at radius 1 is 1.07 bits per heavy atom. The standard InChI is InChI=1S/C24H28N4O2/c1-5-27-23-18(14-25-27)9-7-11-21(23)28-22(13-19(15-29)26-28)17-8-6-10-20(12-17)30-16-24(2,3)4/h6-14,29H,5,15-16H2,1-4H3. The molecule has 0 aliphatic heterocycles. The summed E-state index contributed by atoms with van der Waals surface area (Å²) in [5, 5.41) is 20.0. The van der Waals surface area contributed by atoms with Gasteiger partial charge in [-0.2, -0.15) is 10.2 Å². The highest BCUT2D eigenvalue weighted by Gasteiger charge is 2.17. The van der Waals surface area contributed by atoms with E-state index in [1.54, 1.807) is 0 Å². The lowest BCUT2D eigenvalue weighted by molar-refractivity contribution is 0.198. The quantitative estimate of drug-likeness (QED) is 0.500. The Kier molecular flexibility index (Phi) is 5.35. The second-order valence-corrected chi connectivity index (χ2v) is 8.64. The molecule has 0 bridgehead atoms. The fourth-order valence-electron chi connectivity index (χ4n) is 3.48. The summed E-state index contributed by atoms with van der Waals surface area (Å²) in [6, 6.07) is 16.0. The van der Waals surface area contributed by atoms with E-state index < -0.39 is 0 Å². The topological polar surface area (TPSA) is 65.1 Å². The summed E-state index contributed by atoms with van der Waals surface area (Å²) in [7, 11) is 0. The third-order valence-electron chi connectivity index (χ3n) is 4.89. The molecule has 0 aliphatic rings. The lowest BCUT2D eigenvalue weighted by Gasteiger charge is -2.19. The molecule has 4 rings (SSSR count). The second-order valence-electron chi connectivity index (χ2n) is 8.64. The SMILES string of the molecule is CCn1ncc2cccc(-n3nc(CO)cc3-c3cccc(OCC(C)(C)C)c3)c21. The van der Waals surface area contributed by atoms with Crippen molar-refractivity contribution in [3.05, 3.63) is 60.4 Å². The Bertz CT molecular complexity index is 1170. The van der Waals surface area contributed by atoms with Crippen LogP contribution >= 0.6 is 0 Å². The Labute approximate surface area is 176 Å². The van der Waals surface area contributed by atoms with Crippen molar-refractivity contribution in [1.82, 2.24) is 19.6 Å². The first-order valence-corrected chi connectivity index (χ1v) is 10.3. The Hall–Kier alpha value is -3.12. The van der Waals surface area contributed by atoms with Crippen LogP contribution < -0.4 is 4.74 Å². The minimum Gasteiger partial charge on any atom is -0.493 e. The zero-order valence-electron chi connectivity index (χ0n) is 18.0. The number of aliphatic hydroxyl groups is 1. The Morgan fingerprint density at radius 3 is 2.60 bits per heavy atom.